The summed E-state index contributed by atoms with van der Waals surface area (Å²) in [4.78, 5) is 21.4. The van der Waals surface area contributed by atoms with Crippen LogP contribution < -0.4 is 10.2 Å². The number of amides is 1. The topological polar surface area (TPSA) is 48.5 Å². The fourth-order valence-electron chi connectivity index (χ4n) is 3.31. The Kier molecular flexibility index (Phi) is 5.45. The molecule has 1 N–H and O–H groups in total. The number of hydrogen-bond acceptors (Lipinski definition) is 4. The van der Waals surface area contributed by atoms with Crippen molar-refractivity contribution in [3.63, 3.8) is 0 Å². The van der Waals surface area contributed by atoms with Gasteiger partial charge in [0.05, 0.1) is 5.56 Å². The Labute approximate surface area is 156 Å². The predicted molar refractivity (Wildman–Crippen MR) is 107 cm³/mol. The van der Waals surface area contributed by atoms with Crippen LogP contribution in [0.4, 0.5) is 11.5 Å². The maximum Gasteiger partial charge on any atom is 0.255 e. The molecule has 1 aliphatic rings. The monoisotopic (exact) mass is 352 g/mol. The minimum Gasteiger partial charge on any atom is -0.368 e. The van der Waals surface area contributed by atoms with Gasteiger partial charge in [-0.2, -0.15) is 0 Å². The number of aryl methyl sites for hydroxylation is 1. The van der Waals surface area contributed by atoms with Crippen LogP contribution in [0.25, 0.3) is 0 Å². The molecule has 0 bridgehead atoms. The van der Waals surface area contributed by atoms with Gasteiger partial charge in [-0.3, -0.25) is 4.79 Å². The van der Waals surface area contributed by atoms with Crippen LogP contribution in [0, 0.1) is 13.8 Å². The van der Waals surface area contributed by atoms with Gasteiger partial charge in [-0.25, -0.2) is 4.98 Å². The highest BCUT2D eigenvalue weighted by molar-refractivity contribution is 5.94. The van der Waals surface area contributed by atoms with E-state index in [9.17, 15) is 4.79 Å². The second-order valence-corrected chi connectivity index (χ2v) is 7.23. The van der Waals surface area contributed by atoms with E-state index < -0.39 is 0 Å². The highest BCUT2D eigenvalue weighted by atomic mass is 16.2. The van der Waals surface area contributed by atoms with Gasteiger partial charge in [-0.15, -0.1) is 0 Å². The molecule has 0 spiro atoms. The van der Waals surface area contributed by atoms with Gasteiger partial charge in [-0.05, 0) is 57.0 Å². The molecule has 3 rings (SSSR count). The van der Waals surface area contributed by atoms with Crippen LogP contribution in [0.3, 0.4) is 0 Å². The lowest BCUT2D eigenvalue weighted by atomic mass is 10.1. The average molecular weight is 352 g/mol. The van der Waals surface area contributed by atoms with E-state index in [4.69, 9.17) is 0 Å². The minimum absolute atomic E-state index is 0.0641. The molecule has 1 fully saturated rings. The summed E-state index contributed by atoms with van der Waals surface area (Å²) >= 11 is 0. The molecule has 1 aromatic carbocycles. The highest BCUT2D eigenvalue weighted by Gasteiger charge is 2.23. The van der Waals surface area contributed by atoms with Crippen LogP contribution in [0.15, 0.2) is 36.5 Å². The van der Waals surface area contributed by atoms with E-state index in [0.29, 0.717) is 11.6 Å². The molecule has 1 aliphatic heterocycles. The summed E-state index contributed by atoms with van der Waals surface area (Å²) < 4.78 is 0. The van der Waals surface area contributed by atoms with Crippen molar-refractivity contribution in [2.75, 3.05) is 36.4 Å². The van der Waals surface area contributed by atoms with Crippen molar-refractivity contribution in [3.8, 4) is 0 Å². The molecule has 1 aromatic heterocycles. The predicted octanol–water partition coefficient (Wildman–Crippen LogP) is 3.48. The molecule has 0 unspecified atom stereocenters. The molecule has 0 aliphatic carbocycles. The molecule has 2 aromatic rings. The summed E-state index contributed by atoms with van der Waals surface area (Å²) in [6.45, 7) is 11.6. The molecular weight excluding hydrogens is 324 g/mol. The summed E-state index contributed by atoms with van der Waals surface area (Å²) in [5.74, 6) is 0.866. The van der Waals surface area contributed by atoms with Crippen molar-refractivity contribution in [2.45, 2.75) is 33.7 Å². The lowest BCUT2D eigenvalue weighted by Crippen LogP contribution is -2.49. The maximum atomic E-state index is 12.7. The summed E-state index contributed by atoms with van der Waals surface area (Å²) in [7, 11) is 0. The zero-order valence-electron chi connectivity index (χ0n) is 16.1. The van der Waals surface area contributed by atoms with E-state index in [1.165, 1.54) is 16.8 Å². The average Bonchev–Trinajstić information content (AvgIpc) is 2.64. The molecule has 1 saturated heterocycles. The van der Waals surface area contributed by atoms with Crippen molar-refractivity contribution in [2.24, 2.45) is 0 Å². The first kappa shape index (κ1) is 18.2. The number of nitrogens with one attached hydrogen (secondary N) is 1. The Balaban J connectivity index is 1.62. The van der Waals surface area contributed by atoms with Gasteiger partial charge in [0.25, 0.3) is 5.91 Å². The third-order valence-electron chi connectivity index (χ3n) is 4.93. The minimum atomic E-state index is 0.0641. The molecule has 5 heteroatoms. The van der Waals surface area contributed by atoms with Crippen molar-refractivity contribution in [3.05, 3.63) is 53.2 Å². The third kappa shape index (κ3) is 3.98. The standard InChI is InChI=1S/C21H28N4O/c1-15(2)23-20-9-8-18(14-22-20)21(26)25-12-10-24(11-13-25)19-7-5-6-16(3)17(19)4/h5-9,14-15H,10-13H2,1-4H3,(H,22,23). The number of piperazine rings is 1. The Hall–Kier alpha value is -2.56. The lowest BCUT2D eigenvalue weighted by molar-refractivity contribution is 0.0746. The van der Waals surface area contributed by atoms with Crippen molar-refractivity contribution in [1.82, 2.24) is 9.88 Å². The molecule has 0 saturated carbocycles. The number of nitrogens with zero attached hydrogens (tertiary/aromatic N) is 3. The van der Waals surface area contributed by atoms with Crippen LogP contribution >= 0.6 is 0 Å². The van der Waals surface area contributed by atoms with Gasteiger partial charge >= 0.3 is 0 Å². The quantitative estimate of drug-likeness (QED) is 0.915. The van der Waals surface area contributed by atoms with E-state index >= 15 is 0 Å². The van der Waals surface area contributed by atoms with E-state index in [1.807, 2.05) is 17.0 Å². The van der Waals surface area contributed by atoms with Crippen LogP contribution in [0.2, 0.25) is 0 Å². The maximum absolute atomic E-state index is 12.7. The molecule has 0 radical (unpaired) electrons. The zero-order chi connectivity index (χ0) is 18.7. The molecule has 5 nitrogen and oxygen atoms in total. The molecule has 138 valence electrons. The summed E-state index contributed by atoms with van der Waals surface area (Å²) in [5, 5.41) is 3.24. The number of anilines is 2. The first-order valence-corrected chi connectivity index (χ1v) is 9.28. The van der Waals surface area contributed by atoms with E-state index in [1.54, 1.807) is 6.20 Å². The van der Waals surface area contributed by atoms with E-state index in [0.717, 1.165) is 32.0 Å². The SMILES string of the molecule is Cc1cccc(N2CCN(C(=O)c3ccc(NC(C)C)nc3)CC2)c1C. The van der Waals surface area contributed by atoms with Crippen molar-refractivity contribution >= 4 is 17.4 Å². The number of benzene rings is 1. The highest BCUT2D eigenvalue weighted by Crippen LogP contribution is 2.24. The van der Waals surface area contributed by atoms with Crippen LogP contribution in [-0.2, 0) is 0 Å². The molecular formula is C21H28N4O. The number of carbonyl (C=O) groups is 1. The lowest BCUT2D eigenvalue weighted by Gasteiger charge is -2.37. The van der Waals surface area contributed by atoms with Crippen molar-refractivity contribution in [1.29, 1.82) is 0 Å². The second kappa shape index (κ2) is 7.77. The Morgan fingerprint density at radius 2 is 1.81 bits per heavy atom. The number of hydrogen-bond donors (Lipinski definition) is 1. The Morgan fingerprint density at radius 3 is 2.42 bits per heavy atom. The van der Waals surface area contributed by atoms with Crippen LogP contribution in [0.5, 0.6) is 0 Å². The Morgan fingerprint density at radius 1 is 1.08 bits per heavy atom. The van der Waals surface area contributed by atoms with Gasteiger partial charge in [0.1, 0.15) is 5.82 Å². The van der Waals surface area contributed by atoms with Gasteiger partial charge in [0.15, 0.2) is 0 Å². The number of rotatable bonds is 4. The molecule has 26 heavy (non-hydrogen) atoms. The van der Waals surface area contributed by atoms with Crippen LogP contribution in [0.1, 0.15) is 35.3 Å². The fourth-order valence-corrected chi connectivity index (χ4v) is 3.31. The first-order valence-electron chi connectivity index (χ1n) is 9.28. The third-order valence-corrected chi connectivity index (χ3v) is 4.93. The van der Waals surface area contributed by atoms with E-state index in [-0.39, 0.29) is 5.91 Å². The summed E-state index contributed by atoms with van der Waals surface area (Å²) in [6.07, 6.45) is 1.67. The van der Waals surface area contributed by atoms with Gasteiger partial charge in [0.2, 0.25) is 0 Å². The number of aromatic nitrogens is 1. The molecule has 1 amide bonds. The molecule has 2 heterocycles. The summed E-state index contributed by atoms with van der Waals surface area (Å²) in [5.41, 5.74) is 4.56. The van der Waals surface area contributed by atoms with Gasteiger partial charge in [-0.1, -0.05) is 12.1 Å². The fraction of sp³-hybridized carbons (Fsp3) is 0.429. The Bertz CT molecular complexity index is 762. The van der Waals surface area contributed by atoms with E-state index in [2.05, 4.69) is 61.1 Å². The number of pyridine rings is 1. The normalized spacial score (nSPS) is 14.7. The first-order chi connectivity index (χ1) is 12.5. The summed E-state index contributed by atoms with van der Waals surface area (Å²) in [6, 6.07) is 10.5. The van der Waals surface area contributed by atoms with Crippen LogP contribution in [-0.4, -0.2) is 48.0 Å². The van der Waals surface area contributed by atoms with Gasteiger partial charge in [0, 0.05) is 44.1 Å². The van der Waals surface area contributed by atoms with Crippen molar-refractivity contribution < 1.29 is 4.79 Å². The molecule has 0 atom stereocenters. The zero-order valence-corrected chi connectivity index (χ0v) is 16.1. The van der Waals surface area contributed by atoms with Gasteiger partial charge < -0.3 is 15.1 Å². The largest absolute Gasteiger partial charge is 0.368 e. The number of carbonyl (C=O) groups excluding carboxylic acids is 1. The second-order valence-electron chi connectivity index (χ2n) is 7.23. The smallest absolute Gasteiger partial charge is 0.255 e.